The summed E-state index contributed by atoms with van der Waals surface area (Å²) in [6.07, 6.45) is 10.1. The van der Waals surface area contributed by atoms with E-state index in [2.05, 4.69) is 19.7 Å². The molecule has 0 rings (SSSR count). The van der Waals surface area contributed by atoms with Gasteiger partial charge in [0.2, 0.25) is 0 Å². The molecular formula is C12H25NO2S. The Bertz CT molecular complexity index is 176. The van der Waals surface area contributed by atoms with Crippen LogP contribution in [0.15, 0.2) is 0 Å². The lowest BCUT2D eigenvalue weighted by Crippen LogP contribution is -2.19. The SMILES string of the molecule is CCCCCCCCCCON(S)C(C)=O. The average molecular weight is 247 g/mol. The van der Waals surface area contributed by atoms with Gasteiger partial charge in [0, 0.05) is 6.92 Å². The van der Waals surface area contributed by atoms with Crippen molar-refractivity contribution in [3.63, 3.8) is 0 Å². The number of hydrogen-bond donors (Lipinski definition) is 1. The van der Waals surface area contributed by atoms with E-state index < -0.39 is 0 Å². The van der Waals surface area contributed by atoms with E-state index in [1.54, 1.807) is 0 Å². The number of nitrogens with zero attached hydrogens (tertiary/aromatic N) is 1. The molecule has 0 aliphatic carbocycles. The second-order valence-corrected chi connectivity index (χ2v) is 4.46. The molecule has 0 fully saturated rings. The molecule has 16 heavy (non-hydrogen) atoms. The zero-order valence-electron chi connectivity index (χ0n) is 10.6. The van der Waals surface area contributed by atoms with Crippen molar-refractivity contribution in [2.75, 3.05) is 6.61 Å². The van der Waals surface area contributed by atoms with Crippen LogP contribution >= 0.6 is 12.8 Å². The van der Waals surface area contributed by atoms with Crippen LogP contribution in [0.3, 0.4) is 0 Å². The highest BCUT2D eigenvalue weighted by Crippen LogP contribution is 2.08. The number of carbonyl (C=O) groups is 1. The fourth-order valence-electron chi connectivity index (χ4n) is 1.48. The van der Waals surface area contributed by atoms with E-state index in [1.807, 2.05) is 0 Å². The van der Waals surface area contributed by atoms with Crippen LogP contribution < -0.4 is 0 Å². The van der Waals surface area contributed by atoms with Gasteiger partial charge >= 0.3 is 0 Å². The van der Waals surface area contributed by atoms with Crippen LogP contribution in [0, 0.1) is 0 Å². The first-order valence-electron chi connectivity index (χ1n) is 6.31. The number of unbranched alkanes of at least 4 members (excludes halogenated alkanes) is 7. The van der Waals surface area contributed by atoms with Crippen molar-refractivity contribution in [3.05, 3.63) is 0 Å². The zero-order chi connectivity index (χ0) is 12.2. The molecule has 0 saturated heterocycles. The van der Waals surface area contributed by atoms with Gasteiger partial charge in [-0.2, -0.15) is 4.47 Å². The molecule has 1 amide bonds. The number of hydrogen-bond acceptors (Lipinski definition) is 3. The van der Waals surface area contributed by atoms with Gasteiger partial charge in [-0.05, 0) is 19.2 Å². The minimum Gasteiger partial charge on any atom is -0.272 e. The molecule has 0 spiro atoms. The van der Waals surface area contributed by atoms with Gasteiger partial charge in [-0.25, -0.2) is 0 Å². The van der Waals surface area contributed by atoms with Crippen molar-refractivity contribution in [1.29, 1.82) is 0 Å². The number of carbonyl (C=O) groups excluding carboxylic acids is 1. The molecule has 0 aromatic carbocycles. The molecule has 0 atom stereocenters. The van der Waals surface area contributed by atoms with Crippen molar-refractivity contribution in [2.45, 2.75) is 65.2 Å². The fourth-order valence-corrected chi connectivity index (χ4v) is 1.56. The first-order chi connectivity index (χ1) is 7.68. The lowest BCUT2D eigenvalue weighted by atomic mass is 10.1. The topological polar surface area (TPSA) is 29.5 Å². The van der Waals surface area contributed by atoms with Crippen LogP contribution in [0.5, 0.6) is 0 Å². The summed E-state index contributed by atoms with van der Waals surface area (Å²) in [7, 11) is 0. The Balaban J connectivity index is 3.07. The summed E-state index contributed by atoms with van der Waals surface area (Å²) >= 11 is 3.87. The van der Waals surface area contributed by atoms with Crippen molar-refractivity contribution in [3.8, 4) is 0 Å². The molecule has 0 aliphatic rings. The lowest BCUT2D eigenvalue weighted by molar-refractivity contribution is -0.153. The predicted octanol–water partition coefficient (Wildman–Crippen LogP) is 3.75. The van der Waals surface area contributed by atoms with E-state index in [-0.39, 0.29) is 5.91 Å². The van der Waals surface area contributed by atoms with Gasteiger partial charge in [0.1, 0.15) is 0 Å². The van der Waals surface area contributed by atoms with Gasteiger partial charge in [0.05, 0.1) is 6.61 Å². The van der Waals surface area contributed by atoms with E-state index in [4.69, 9.17) is 4.84 Å². The quantitative estimate of drug-likeness (QED) is 0.362. The molecule has 0 radical (unpaired) electrons. The van der Waals surface area contributed by atoms with Crippen LogP contribution in [0.2, 0.25) is 0 Å². The maximum absolute atomic E-state index is 10.7. The van der Waals surface area contributed by atoms with Crippen LogP contribution in [0.4, 0.5) is 0 Å². The highest BCUT2D eigenvalue weighted by molar-refractivity contribution is 7.78. The van der Waals surface area contributed by atoms with Gasteiger partial charge in [0.25, 0.3) is 5.91 Å². The first-order valence-corrected chi connectivity index (χ1v) is 6.71. The molecule has 4 heteroatoms. The molecule has 0 heterocycles. The second-order valence-electron chi connectivity index (χ2n) is 4.10. The van der Waals surface area contributed by atoms with Crippen LogP contribution in [0.1, 0.15) is 65.2 Å². The van der Waals surface area contributed by atoms with Gasteiger partial charge in [-0.1, -0.05) is 51.9 Å². The Morgan fingerprint density at radius 3 is 2.06 bits per heavy atom. The Kier molecular flexibility index (Phi) is 11.1. The normalized spacial score (nSPS) is 10.4. The number of thiol groups is 1. The Hall–Kier alpha value is -0.220. The summed E-state index contributed by atoms with van der Waals surface area (Å²) in [6.45, 7) is 4.24. The largest absolute Gasteiger partial charge is 0.272 e. The highest BCUT2D eigenvalue weighted by atomic mass is 32.1. The smallest absolute Gasteiger partial charge is 0.253 e. The monoisotopic (exact) mass is 247 g/mol. The van der Waals surface area contributed by atoms with Gasteiger partial charge in [-0.15, -0.1) is 0 Å². The van der Waals surface area contributed by atoms with Crippen molar-refractivity contribution in [1.82, 2.24) is 4.47 Å². The van der Waals surface area contributed by atoms with Crippen molar-refractivity contribution in [2.24, 2.45) is 0 Å². The third kappa shape index (κ3) is 10.3. The molecule has 0 bridgehead atoms. The molecule has 0 aromatic heterocycles. The van der Waals surface area contributed by atoms with Crippen LogP contribution in [0.25, 0.3) is 0 Å². The molecule has 0 aliphatic heterocycles. The average Bonchev–Trinajstić information content (AvgIpc) is 2.26. The maximum atomic E-state index is 10.7. The Morgan fingerprint density at radius 1 is 1.06 bits per heavy atom. The van der Waals surface area contributed by atoms with E-state index in [9.17, 15) is 4.79 Å². The number of hydroxylamine groups is 1. The first kappa shape index (κ1) is 15.8. The summed E-state index contributed by atoms with van der Waals surface area (Å²) in [4.78, 5) is 15.8. The minimum absolute atomic E-state index is 0.178. The predicted molar refractivity (Wildman–Crippen MR) is 70.1 cm³/mol. The van der Waals surface area contributed by atoms with Gasteiger partial charge < -0.3 is 0 Å². The summed E-state index contributed by atoms with van der Waals surface area (Å²) in [5, 5.41) is 0. The third-order valence-electron chi connectivity index (χ3n) is 2.48. The molecule has 96 valence electrons. The highest BCUT2D eigenvalue weighted by Gasteiger charge is 2.02. The standard InChI is InChI=1S/C12H25NO2S/c1-3-4-5-6-7-8-9-10-11-15-13(16)12(2)14/h16H,3-11H2,1-2H3. The zero-order valence-corrected chi connectivity index (χ0v) is 11.5. The summed E-state index contributed by atoms with van der Waals surface area (Å²) in [5.74, 6) is -0.178. The fraction of sp³-hybridized carbons (Fsp3) is 0.917. The van der Waals surface area contributed by atoms with E-state index in [1.165, 1.54) is 51.9 Å². The molecule has 3 nitrogen and oxygen atoms in total. The minimum atomic E-state index is -0.178. The van der Waals surface area contributed by atoms with Crippen molar-refractivity contribution >= 4 is 18.7 Å². The van der Waals surface area contributed by atoms with E-state index >= 15 is 0 Å². The lowest BCUT2D eigenvalue weighted by Gasteiger charge is -2.12. The molecular weight excluding hydrogens is 222 g/mol. The third-order valence-corrected chi connectivity index (χ3v) is 2.88. The van der Waals surface area contributed by atoms with Crippen molar-refractivity contribution < 1.29 is 9.63 Å². The summed E-state index contributed by atoms with van der Waals surface area (Å²) in [6, 6.07) is 0. The molecule has 0 N–H and O–H groups in total. The molecule has 0 unspecified atom stereocenters. The van der Waals surface area contributed by atoms with Crippen LogP contribution in [-0.4, -0.2) is 17.0 Å². The van der Waals surface area contributed by atoms with Crippen LogP contribution in [-0.2, 0) is 9.63 Å². The Labute approximate surface area is 105 Å². The second kappa shape index (κ2) is 11.3. The Morgan fingerprint density at radius 2 is 1.56 bits per heavy atom. The summed E-state index contributed by atoms with van der Waals surface area (Å²) in [5.41, 5.74) is 0. The van der Waals surface area contributed by atoms with E-state index in [0.717, 1.165) is 10.9 Å². The number of amides is 1. The number of rotatable bonds is 10. The van der Waals surface area contributed by atoms with Gasteiger partial charge in [-0.3, -0.25) is 9.63 Å². The maximum Gasteiger partial charge on any atom is 0.253 e. The molecule has 0 saturated carbocycles. The molecule has 0 aromatic rings. The van der Waals surface area contributed by atoms with E-state index in [0.29, 0.717) is 6.61 Å². The summed E-state index contributed by atoms with van der Waals surface area (Å²) < 4.78 is 1.00. The van der Waals surface area contributed by atoms with Gasteiger partial charge in [0.15, 0.2) is 0 Å².